The minimum atomic E-state index is -4.71. The lowest BCUT2D eigenvalue weighted by Crippen LogP contribution is -2.07. The number of nitrogens with zero attached hydrogens (tertiary/aromatic N) is 1. The Morgan fingerprint density at radius 1 is 1.40 bits per heavy atom. The van der Waals surface area contributed by atoms with Crippen LogP contribution in [0.3, 0.4) is 0 Å². The van der Waals surface area contributed by atoms with Crippen molar-refractivity contribution in [3.05, 3.63) is 32.3 Å². The molecule has 0 amide bonds. The molecule has 1 rings (SSSR count). The van der Waals surface area contributed by atoms with E-state index in [4.69, 9.17) is 5.11 Å². The Hall–Kier alpha value is -1.31. The zero-order chi connectivity index (χ0) is 11.8. The third-order valence-corrected chi connectivity index (χ3v) is 2.39. The molecule has 0 saturated carbocycles. The zero-order valence-electron chi connectivity index (χ0n) is 6.88. The van der Waals surface area contributed by atoms with Gasteiger partial charge in [-0.2, -0.15) is 13.2 Å². The van der Waals surface area contributed by atoms with Gasteiger partial charge in [0, 0.05) is 0 Å². The van der Waals surface area contributed by atoms with Crippen LogP contribution in [0.15, 0.2) is 16.6 Å². The van der Waals surface area contributed by atoms with Gasteiger partial charge in [-0.1, -0.05) is 0 Å². The summed E-state index contributed by atoms with van der Waals surface area (Å²) < 4.78 is 36.1. The summed E-state index contributed by atoms with van der Waals surface area (Å²) in [5.41, 5.74) is -2.20. The fourth-order valence-corrected chi connectivity index (χ4v) is 1.65. The van der Waals surface area contributed by atoms with Gasteiger partial charge in [0.05, 0.1) is 10.5 Å². The number of rotatable bonds is 1. The minimum absolute atomic E-state index is 0.562. The molecule has 0 heterocycles. The quantitative estimate of drug-likeness (QED) is 0.637. The van der Waals surface area contributed by atoms with Gasteiger partial charge in [-0.05, 0) is 28.1 Å². The summed E-state index contributed by atoms with van der Waals surface area (Å²) in [6, 6.07) is 1.19. The minimum Gasteiger partial charge on any atom is -0.502 e. The number of nitro groups is 1. The van der Waals surface area contributed by atoms with Crippen molar-refractivity contribution in [1.82, 2.24) is 0 Å². The molecule has 0 aliphatic carbocycles. The Bertz CT molecular complexity index is 419. The summed E-state index contributed by atoms with van der Waals surface area (Å²) in [5.74, 6) is -0.820. The number of hydrogen-bond acceptors (Lipinski definition) is 3. The molecule has 0 atom stereocenters. The second kappa shape index (κ2) is 3.69. The first-order chi connectivity index (χ1) is 6.75. The van der Waals surface area contributed by atoms with E-state index in [9.17, 15) is 23.3 Å². The Labute approximate surface area is 89.6 Å². The van der Waals surface area contributed by atoms with Crippen LogP contribution >= 0.6 is 15.9 Å². The summed E-state index contributed by atoms with van der Waals surface area (Å²) in [6.07, 6.45) is -4.71. The van der Waals surface area contributed by atoms with Crippen LogP contribution in [0.5, 0.6) is 5.75 Å². The lowest BCUT2D eigenvalue weighted by molar-refractivity contribution is -0.387. The molecule has 0 unspecified atom stereocenters. The summed E-state index contributed by atoms with van der Waals surface area (Å²) in [5, 5.41) is 19.4. The van der Waals surface area contributed by atoms with Crippen molar-refractivity contribution in [2.24, 2.45) is 0 Å². The average molecular weight is 286 g/mol. The van der Waals surface area contributed by atoms with Crippen molar-refractivity contribution in [1.29, 1.82) is 0 Å². The Kier molecular flexibility index (Phi) is 2.89. The van der Waals surface area contributed by atoms with Crippen LogP contribution in [0.25, 0.3) is 0 Å². The molecule has 0 radical (unpaired) electrons. The molecule has 0 saturated heterocycles. The number of benzene rings is 1. The first-order valence-corrected chi connectivity index (χ1v) is 4.27. The van der Waals surface area contributed by atoms with Crippen molar-refractivity contribution in [2.75, 3.05) is 0 Å². The maximum Gasteiger partial charge on any atom is 0.417 e. The smallest absolute Gasteiger partial charge is 0.417 e. The van der Waals surface area contributed by atoms with E-state index >= 15 is 0 Å². The van der Waals surface area contributed by atoms with Gasteiger partial charge in [0.2, 0.25) is 0 Å². The highest BCUT2D eigenvalue weighted by Crippen LogP contribution is 2.43. The standard InChI is InChI=1S/C7H3BrF3NO3/c8-5-3(7(9,10)11)1-2-4(13)6(5)12(14)15/h1-2,13H. The molecule has 15 heavy (non-hydrogen) atoms. The first kappa shape index (κ1) is 11.8. The molecule has 1 N–H and O–H groups in total. The molecule has 0 fully saturated rings. The third kappa shape index (κ3) is 2.20. The van der Waals surface area contributed by atoms with Gasteiger partial charge in [0.15, 0.2) is 5.75 Å². The lowest BCUT2D eigenvalue weighted by Gasteiger charge is -2.09. The number of alkyl halides is 3. The number of halogens is 4. The van der Waals surface area contributed by atoms with E-state index < -0.39 is 32.6 Å². The Morgan fingerprint density at radius 3 is 2.33 bits per heavy atom. The van der Waals surface area contributed by atoms with Crippen LogP contribution < -0.4 is 0 Å². The molecular formula is C7H3BrF3NO3. The maximum absolute atomic E-state index is 12.3. The number of phenolic OH excluding ortho intramolecular Hbond substituents is 1. The summed E-state index contributed by atoms with van der Waals surface area (Å²) in [6.45, 7) is 0. The van der Waals surface area contributed by atoms with Gasteiger partial charge in [-0.3, -0.25) is 10.1 Å². The van der Waals surface area contributed by atoms with Gasteiger partial charge < -0.3 is 5.11 Å². The molecule has 82 valence electrons. The van der Waals surface area contributed by atoms with Crippen molar-refractivity contribution in [3.63, 3.8) is 0 Å². The molecule has 0 spiro atoms. The second-order valence-electron chi connectivity index (χ2n) is 2.55. The van der Waals surface area contributed by atoms with Crippen molar-refractivity contribution >= 4 is 21.6 Å². The number of nitro benzene ring substituents is 1. The lowest BCUT2D eigenvalue weighted by atomic mass is 10.2. The number of aromatic hydroxyl groups is 1. The molecule has 0 bridgehead atoms. The highest BCUT2D eigenvalue weighted by molar-refractivity contribution is 9.10. The van der Waals surface area contributed by atoms with Crippen LogP contribution in [0.4, 0.5) is 18.9 Å². The van der Waals surface area contributed by atoms with Crippen molar-refractivity contribution in [3.8, 4) is 5.75 Å². The molecular weight excluding hydrogens is 283 g/mol. The van der Waals surface area contributed by atoms with E-state index in [0.717, 1.165) is 0 Å². The fourth-order valence-electron chi connectivity index (χ4n) is 0.947. The van der Waals surface area contributed by atoms with Gasteiger partial charge >= 0.3 is 11.9 Å². The van der Waals surface area contributed by atoms with Crippen LogP contribution in [-0.4, -0.2) is 10.0 Å². The summed E-state index contributed by atoms with van der Waals surface area (Å²) in [4.78, 5) is 9.28. The van der Waals surface area contributed by atoms with E-state index in [1.54, 1.807) is 0 Å². The molecule has 0 aliphatic rings. The molecule has 4 nitrogen and oxygen atoms in total. The van der Waals surface area contributed by atoms with Gasteiger partial charge in [-0.15, -0.1) is 0 Å². The molecule has 1 aromatic rings. The topological polar surface area (TPSA) is 63.4 Å². The zero-order valence-corrected chi connectivity index (χ0v) is 8.46. The van der Waals surface area contributed by atoms with E-state index in [2.05, 4.69) is 15.9 Å². The van der Waals surface area contributed by atoms with Crippen LogP contribution in [0, 0.1) is 10.1 Å². The number of phenols is 1. The molecule has 8 heteroatoms. The average Bonchev–Trinajstić information content (AvgIpc) is 2.00. The van der Waals surface area contributed by atoms with E-state index in [1.807, 2.05) is 0 Å². The van der Waals surface area contributed by atoms with Gasteiger partial charge in [0.1, 0.15) is 4.47 Å². The Balaban J connectivity index is 3.49. The molecule has 0 aromatic heterocycles. The molecule has 0 aliphatic heterocycles. The highest BCUT2D eigenvalue weighted by atomic mass is 79.9. The highest BCUT2D eigenvalue weighted by Gasteiger charge is 2.37. The van der Waals surface area contributed by atoms with Gasteiger partial charge in [-0.25, -0.2) is 0 Å². The van der Waals surface area contributed by atoms with Crippen molar-refractivity contribution < 1.29 is 23.2 Å². The predicted molar refractivity (Wildman–Crippen MR) is 47.5 cm³/mol. The summed E-state index contributed by atoms with van der Waals surface area (Å²) >= 11 is 2.45. The normalized spacial score (nSPS) is 11.5. The van der Waals surface area contributed by atoms with Crippen molar-refractivity contribution in [2.45, 2.75) is 6.18 Å². The van der Waals surface area contributed by atoms with Crippen LogP contribution in [0.2, 0.25) is 0 Å². The number of hydrogen-bond donors (Lipinski definition) is 1. The van der Waals surface area contributed by atoms with E-state index in [0.29, 0.717) is 12.1 Å². The SMILES string of the molecule is O=[N+]([O-])c1c(O)ccc(C(F)(F)F)c1Br. The Morgan fingerprint density at radius 2 is 1.93 bits per heavy atom. The van der Waals surface area contributed by atoms with E-state index in [-0.39, 0.29) is 0 Å². The van der Waals surface area contributed by atoms with Crippen LogP contribution in [0.1, 0.15) is 5.56 Å². The predicted octanol–water partition coefficient (Wildman–Crippen LogP) is 3.08. The summed E-state index contributed by atoms with van der Waals surface area (Å²) in [7, 11) is 0. The molecule has 1 aromatic carbocycles. The monoisotopic (exact) mass is 285 g/mol. The maximum atomic E-state index is 12.3. The third-order valence-electron chi connectivity index (χ3n) is 1.58. The van der Waals surface area contributed by atoms with Gasteiger partial charge in [0.25, 0.3) is 0 Å². The van der Waals surface area contributed by atoms with E-state index in [1.165, 1.54) is 0 Å². The second-order valence-corrected chi connectivity index (χ2v) is 3.34. The first-order valence-electron chi connectivity index (χ1n) is 3.48. The largest absolute Gasteiger partial charge is 0.502 e. The van der Waals surface area contributed by atoms with Crippen LogP contribution in [-0.2, 0) is 6.18 Å². The fraction of sp³-hybridized carbons (Fsp3) is 0.143.